The molecule has 0 spiro atoms. The summed E-state index contributed by atoms with van der Waals surface area (Å²) in [4.78, 5) is 24.8. The van der Waals surface area contributed by atoms with E-state index in [0.29, 0.717) is 37.0 Å². The van der Waals surface area contributed by atoms with E-state index in [0.717, 1.165) is 11.3 Å². The van der Waals surface area contributed by atoms with Gasteiger partial charge in [0.25, 0.3) is 5.91 Å². The van der Waals surface area contributed by atoms with Gasteiger partial charge in [-0.05, 0) is 36.8 Å². The molecular formula is C21H23NO7. The van der Waals surface area contributed by atoms with E-state index < -0.39 is 18.0 Å². The molecule has 1 heterocycles. The van der Waals surface area contributed by atoms with Crippen LogP contribution in [0, 0.1) is 0 Å². The van der Waals surface area contributed by atoms with Crippen molar-refractivity contribution in [2.24, 2.45) is 0 Å². The van der Waals surface area contributed by atoms with Crippen molar-refractivity contribution >= 4 is 11.9 Å². The van der Waals surface area contributed by atoms with Gasteiger partial charge in [0.1, 0.15) is 19.0 Å². The van der Waals surface area contributed by atoms with Gasteiger partial charge in [0, 0.05) is 6.54 Å². The predicted molar refractivity (Wildman–Crippen MR) is 104 cm³/mol. The highest BCUT2D eigenvalue weighted by atomic mass is 16.6. The maximum Gasteiger partial charge on any atom is 0.339 e. The van der Waals surface area contributed by atoms with Crippen LogP contribution < -0.4 is 24.3 Å². The third kappa shape index (κ3) is 4.90. The van der Waals surface area contributed by atoms with Crippen LogP contribution in [0.3, 0.4) is 0 Å². The lowest BCUT2D eigenvalue weighted by Crippen LogP contribution is -2.35. The van der Waals surface area contributed by atoms with Crippen LogP contribution in [0.1, 0.15) is 22.8 Å². The Morgan fingerprint density at radius 3 is 2.48 bits per heavy atom. The van der Waals surface area contributed by atoms with Crippen molar-refractivity contribution in [3.05, 3.63) is 47.5 Å². The highest BCUT2D eigenvalue weighted by molar-refractivity contribution is 5.93. The molecule has 3 rings (SSSR count). The third-order valence-corrected chi connectivity index (χ3v) is 4.34. The number of carbonyl (C=O) groups is 2. The Bertz CT molecular complexity index is 862. The topological polar surface area (TPSA) is 92.3 Å². The van der Waals surface area contributed by atoms with Crippen LogP contribution in [0.15, 0.2) is 36.4 Å². The van der Waals surface area contributed by atoms with E-state index >= 15 is 0 Å². The van der Waals surface area contributed by atoms with E-state index in [1.807, 2.05) is 12.1 Å². The van der Waals surface area contributed by atoms with Crippen molar-refractivity contribution in [2.75, 3.05) is 27.4 Å². The van der Waals surface area contributed by atoms with Crippen molar-refractivity contribution in [2.45, 2.75) is 19.6 Å². The number of hydrogen-bond donors (Lipinski definition) is 1. The van der Waals surface area contributed by atoms with Crippen LogP contribution >= 0.6 is 0 Å². The maximum atomic E-state index is 12.5. The van der Waals surface area contributed by atoms with Gasteiger partial charge in [-0.15, -0.1) is 0 Å². The average Bonchev–Trinajstić information content (AvgIpc) is 2.76. The van der Waals surface area contributed by atoms with Gasteiger partial charge in [-0.1, -0.05) is 12.1 Å². The Balaban J connectivity index is 1.60. The minimum atomic E-state index is -0.972. The number of nitrogens with one attached hydrogen (secondary N) is 1. The monoisotopic (exact) mass is 401 g/mol. The molecule has 0 fully saturated rings. The summed E-state index contributed by atoms with van der Waals surface area (Å²) < 4.78 is 26.7. The quantitative estimate of drug-likeness (QED) is 0.712. The van der Waals surface area contributed by atoms with Gasteiger partial charge < -0.3 is 29.0 Å². The van der Waals surface area contributed by atoms with E-state index in [-0.39, 0.29) is 5.56 Å². The van der Waals surface area contributed by atoms with Gasteiger partial charge in [-0.25, -0.2) is 4.79 Å². The number of amides is 1. The normalized spacial score (nSPS) is 13.2. The van der Waals surface area contributed by atoms with Crippen molar-refractivity contribution in [3.8, 4) is 23.0 Å². The summed E-state index contributed by atoms with van der Waals surface area (Å²) in [5.41, 5.74) is 1.11. The minimum absolute atomic E-state index is 0.209. The lowest BCUT2D eigenvalue weighted by molar-refractivity contribution is -0.129. The highest BCUT2D eigenvalue weighted by Gasteiger charge is 2.24. The Morgan fingerprint density at radius 2 is 1.79 bits per heavy atom. The second-order valence-electron chi connectivity index (χ2n) is 6.32. The summed E-state index contributed by atoms with van der Waals surface area (Å²) in [6.07, 6.45) is -0.972. The zero-order chi connectivity index (χ0) is 20.8. The van der Waals surface area contributed by atoms with E-state index in [4.69, 9.17) is 23.7 Å². The first-order valence-corrected chi connectivity index (χ1v) is 9.11. The molecule has 1 amide bonds. The number of hydrogen-bond acceptors (Lipinski definition) is 7. The first-order chi connectivity index (χ1) is 14.0. The van der Waals surface area contributed by atoms with Crippen molar-refractivity contribution in [3.63, 3.8) is 0 Å². The largest absolute Gasteiger partial charge is 0.497 e. The second kappa shape index (κ2) is 9.18. The van der Waals surface area contributed by atoms with Crippen LogP contribution in [0.5, 0.6) is 23.0 Å². The van der Waals surface area contributed by atoms with Crippen LogP contribution in [0.4, 0.5) is 0 Å². The lowest BCUT2D eigenvalue weighted by Gasteiger charge is -2.21. The fourth-order valence-electron chi connectivity index (χ4n) is 2.75. The molecule has 0 aromatic heterocycles. The van der Waals surface area contributed by atoms with Crippen molar-refractivity contribution in [1.29, 1.82) is 0 Å². The molecule has 0 saturated heterocycles. The summed E-state index contributed by atoms with van der Waals surface area (Å²) >= 11 is 0. The molecule has 8 nitrogen and oxygen atoms in total. The first kappa shape index (κ1) is 20.3. The molecule has 0 unspecified atom stereocenters. The van der Waals surface area contributed by atoms with Crippen LogP contribution in [0.2, 0.25) is 0 Å². The van der Waals surface area contributed by atoms with Crippen molar-refractivity contribution in [1.82, 2.24) is 5.32 Å². The van der Waals surface area contributed by atoms with E-state index in [1.165, 1.54) is 26.2 Å². The van der Waals surface area contributed by atoms with Crippen molar-refractivity contribution < 1.29 is 33.3 Å². The highest BCUT2D eigenvalue weighted by Crippen LogP contribution is 2.40. The number of ether oxygens (including phenoxy) is 5. The molecule has 0 saturated carbocycles. The first-order valence-electron chi connectivity index (χ1n) is 9.11. The number of methoxy groups -OCH3 is 2. The number of rotatable bonds is 7. The zero-order valence-corrected chi connectivity index (χ0v) is 16.5. The fourth-order valence-corrected chi connectivity index (χ4v) is 2.75. The van der Waals surface area contributed by atoms with E-state index in [2.05, 4.69) is 5.32 Å². The molecule has 8 heteroatoms. The molecular weight excluding hydrogens is 378 g/mol. The van der Waals surface area contributed by atoms with Gasteiger partial charge in [-0.3, -0.25) is 4.79 Å². The van der Waals surface area contributed by atoms with Crippen LogP contribution in [-0.2, 0) is 16.1 Å². The van der Waals surface area contributed by atoms with Gasteiger partial charge in [-0.2, -0.15) is 0 Å². The molecule has 1 N–H and O–H groups in total. The standard InChI is InChI=1S/C21H23NO7/c1-13(20(23)22-12-14-4-6-16(25-2)7-5-14)29-21(24)15-10-17(26-3)19-18(11-15)27-8-9-28-19/h4-7,10-11,13H,8-9,12H2,1-3H3,(H,22,23)/t13-/m0/s1. The Labute approximate surface area is 168 Å². The summed E-state index contributed by atoms with van der Waals surface area (Å²) in [5, 5.41) is 2.74. The van der Waals surface area contributed by atoms with Gasteiger partial charge in [0.15, 0.2) is 17.6 Å². The maximum absolute atomic E-state index is 12.5. The Hall–Kier alpha value is -3.42. The predicted octanol–water partition coefficient (Wildman–Crippen LogP) is 2.34. The molecule has 0 aliphatic carbocycles. The Kier molecular flexibility index (Phi) is 6.43. The lowest BCUT2D eigenvalue weighted by atomic mass is 10.1. The van der Waals surface area contributed by atoms with Gasteiger partial charge >= 0.3 is 5.97 Å². The van der Waals surface area contributed by atoms with E-state index in [9.17, 15) is 9.59 Å². The third-order valence-electron chi connectivity index (χ3n) is 4.34. The molecule has 1 atom stereocenters. The SMILES string of the molecule is COc1ccc(CNC(=O)[C@H](C)OC(=O)c2cc(OC)c3c(c2)OCCO3)cc1. The summed E-state index contributed by atoms with van der Waals surface area (Å²) in [7, 11) is 3.06. The zero-order valence-electron chi connectivity index (χ0n) is 16.5. The average molecular weight is 401 g/mol. The van der Waals surface area contributed by atoms with Crippen LogP contribution in [0.25, 0.3) is 0 Å². The number of carbonyl (C=O) groups excluding carboxylic acids is 2. The molecule has 29 heavy (non-hydrogen) atoms. The van der Waals surface area contributed by atoms with Gasteiger partial charge in [0.05, 0.1) is 19.8 Å². The molecule has 0 radical (unpaired) electrons. The molecule has 1 aliphatic heterocycles. The molecule has 2 aromatic rings. The molecule has 1 aliphatic rings. The summed E-state index contributed by atoms with van der Waals surface area (Å²) in [6.45, 7) is 2.59. The fraction of sp³-hybridized carbons (Fsp3) is 0.333. The summed E-state index contributed by atoms with van der Waals surface area (Å²) in [5.74, 6) is 0.883. The van der Waals surface area contributed by atoms with Gasteiger partial charge in [0.2, 0.25) is 5.75 Å². The van der Waals surface area contributed by atoms with E-state index in [1.54, 1.807) is 19.2 Å². The van der Waals surface area contributed by atoms with Crippen LogP contribution in [-0.4, -0.2) is 45.4 Å². The number of benzene rings is 2. The number of fused-ring (bicyclic) bond motifs is 1. The summed E-state index contributed by atoms with van der Waals surface area (Å²) in [6, 6.07) is 10.3. The molecule has 2 aromatic carbocycles. The number of esters is 1. The second-order valence-corrected chi connectivity index (χ2v) is 6.32. The minimum Gasteiger partial charge on any atom is -0.497 e. The molecule has 154 valence electrons. The Morgan fingerprint density at radius 1 is 1.07 bits per heavy atom. The molecule has 0 bridgehead atoms. The smallest absolute Gasteiger partial charge is 0.339 e.